The summed E-state index contributed by atoms with van der Waals surface area (Å²) in [5.41, 5.74) is 3.86. The van der Waals surface area contributed by atoms with Gasteiger partial charge in [-0.1, -0.05) is 25.1 Å². The molecule has 1 aromatic heterocycles. The zero-order chi connectivity index (χ0) is 21.0. The number of likely N-dealkylation sites (tertiary alicyclic amines) is 1. The van der Waals surface area contributed by atoms with Crippen LogP contribution in [-0.2, 0) is 16.0 Å². The first kappa shape index (κ1) is 21.0. The molecule has 7 nitrogen and oxygen atoms in total. The number of aliphatic carboxylic acids is 1. The van der Waals surface area contributed by atoms with Gasteiger partial charge >= 0.3 is 5.97 Å². The minimum absolute atomic E-state index is 0.0617. The van der Waals surface area contributed by atoms with E-state index in [0.29, 0.717) is 26.1 Å². The van der Waals surface area contributed by atoms with Gasteiger partial charge < -0.3 is 10.0 Å². The summed E-state index contributed by atoms with van der Waals surface area (Å²) < 4.78 is 1.90. The maximum absolute atomic E-state index is 12.9. The number of para-hydroxylation sites is 1. The van der Waals surface area contributed by atoms with Crippen molar-refractivity contribution in [3.05, 3.63) is 47.3 Å². The first-order chi connectivity index (χ1) is 13.9. The normalized spacial score (nSPS) is 15.1. The number of aromatic nitrogens is 2. The zero-order valence-electron chi connectivity index (χ0n) is 17.5. The molecule has 7 heteroatoms. The quantitative estimate of drug-likeness (QED) is 0.775. The molecule has 0 spiro atoms. The first-order valence-corrected chi connectivity index (χ1v) is 10.2. The van der Waals surface area contributed by atoms with Crippen LogP contribution in [0.5, 0.6) is 0 Å². The third-order valence-electron chi connectivity index (χ3n) is 5.85. The highest BCUT2D eigenvalue weighted by molar-refractivity contribution is 5.79. The average Bonchev–Trinajstić information content (AvgIpc) is 3.01. The highest BCUT2D eigenvalue weighted by atomic mass is 16.4. The van der Waals surface area contributed by atoms with E-state index < -0.39 is 5.97 Å². The van der Waals surface area contributed by atoms with Gasteiger partial charge in [0.1, 0.15) is 0 Å². The Hall–Kier alpha value is -2.67. The Bertz CT molecular complexity index is 854. The Kier molecular flexibility index (Phi) is 6.69. The summed E-state index contributed by atoms with van der Waals surface area (Å²) in [6.07, 6.45) is 1.98. The fourth-order valence-electron chi connectivity index (χ4n) is 4.17. The minimum atomic E-state index is -0.799. The third-order valence-corrected chi connectivity index (χ3v) is 5.85. The number of nitrogens with zero attached hydrogens (tertiary/aromatic N) is 4. The highest BCUT2D eigenvalue weighted by Gasteiger charge is 2.28. The molecule has 1 aliphatic heterocycles. The Morgan fingerprint density at radius 3 is 2.41 bits per heavy atom. The second kappa shape index (κ2) is 9.22. The lowest BCUT2D eigenvalue weighted by Gasteiger charge is -2.37. The van der Waals surface area contributed by atoms with Crippen LogP contribution in [-0.4, -0.2) is 68.8 Å². The van der Waals surface area contributed by atoms with E-state index in [1.807, 2.05) is 65.6 Å². The molecule has 0 saturated carbocycles. The largest absolute Gasteiger partial charge is 0.480 e. The molecule has 0 unspecified atom stereocenters. The minimum Gasteiger partial charge on any atom is -0.480 e. The van der Waals surface area contributed by atoms with Crippen LogP contribution < -0.4 is 0 Å². The van der Waals surface area contributed by atoms with Crippen molar-refractivity contribution in [2.24, 2.45) is 0 Å². The van der Waals surface area contributed by atoms with Crippen LogP contribution in [0.1, 0.15) is 36.7 Å². The molecule has 3 rings (SSSR count). The third kappa shape index (κ3) is 4.85. The predicted octanol–water partition coefficient (Wildman–Crippen LogP) is 2.43. The molecule has 2 aromatic rings. The molecule has 0 aliphatic carbocycles. The summed E-state index contributed by atoms with van der Waals surface area (Å²) in [6.45, 7) is 8.05. The molecule has 1 N–H and O–H groups in total. The second-order valence-corrected chi connectivity index (χ2v) is 7.64. The monoisotopic (exact) mass is 398 g/mol. The molecule has 0 bridgehead atoms. The van der Waals surface area contributed by atoms with Crippen molar-refractivity contribution >= 4 is 11.9 Å². The lowest BCUT2D eigenvalue weighted by atomic mass is 10.0. The number of benzene rings is 1. The van der Waals surface area contributed by atoms with Crippen molar-refractivity contribution in [2.75, 3.05) is 26.2 Å². The van der Waals surface area contributed by atoms with Crippen molar-refractivity contribution in [1.29, 1.82) is 0 Å². The molecule has 0 atom stereocenters. The van der Waals surface area contributed by atoms with Gasteiger partial charge in [0, 0.05) is 30.4 Å². The van der Waals surface area contributed by atoms with Crippen molar-refractivity contribution in [3.63, 3.8) is 0 Å². The van der Waals surface area contributed by atoms with E-state index in [4.69, 9.17) is 5.11 Å². The number of likely N-dealkylation sites (N-methyl/N-ethyl adjacent to an activating group) is 1. The molecule has 1 amide bonds. The van der Waals surface area contributed by atoms with E-state index in [1.54, 1.807) is 0 Å². The fraction of sp³-hybridized carbons (Fsp3) is 0.500. The van der Waals surface area contributed by atoms with Gasteiger partial charge in [-0.25, -0.2) is 4.68 Å². The van der Waals surface area contributed by atoms with Gasteiger partial charge in [-0.2, -0.15) is 5.10 Å². The molecule has 1 fully saturated rings. The van der Waals surface area contributed by atoms with Crippen LogP contribution in [0.3, 0.4) is 0 Å². The summed E-state index contributed by atoms with van der Waals surface area (Å²) in [7, 11) is 0. The number of carbonyl (C=O) groups is 2. The van der Waals surface area contributed by atoms with Crippen LogP contribution in [0.25, 0.3) is 5.69 Å². The maximum Gasteiger partial charge on any atom is 0.317 e. The van der Waals surface area contributed by atoms with Crippen LogP contribution in [0.15, 0.2) is 30.3 Å². The number of piperidine rings is 1. The topological polar surface area (TPSA) is 78.7 Å². The number of hydrogen-bond donors (Lipinski definition) is 1. The first-order valence-electron chi connectivity index (χ1n) is 10.2. The summed E-state index contributed by atoms with van der Waals surface area (Å²) >= 11 is 0. The number of amides is 1. The molecule has 29 heavy (non-hydrogen) atoms. The number of hydrogen-bond acceptors (Lipinski definition) is 4. The van der Waals surface area contributed by atoms with Gasteiger partial charge in [-0.05, 0) is 45.4 Å². The molecule has 156 valence electrons. The Balaban J connectivity index is 1.63. The smallest absolute Gasteiger partial charge is 0.317 e. The van der Waals surface area contributed by atoms with E-state index in [0.717, 1.165) is 35.5 Å². The van der Waals surface area contributed by atoms with Crippen LogP contribution >= 0.6 is 0 Å². The van der Waals surface area contributed by atoms with Crippen LogP contribution in [0.4, 0.5) is 0 Å². The molecule has 1 aliphatic rings. The molecule has 0 radical (unpaired) electrons. The number of carboxylic acids is 1. The Labute approximate surface area is 171 Å². The fourth-order valence-corrected chi connectivity index (χ4v) is 4.17. The summed E-state index contributed by atoms with van der Waals surface area (Å²) in [5.74, 6) is -0.685. The second-order valence-electron chi connectivity index (χ2n) is 7.64. The standard InChI is InChI=1S/C22H30N4O3/c1-4-24(15-22(28)29)18-10-12-25(13-11-18)21(27)14-20-16(2)23-26(17(20)3)19-8-6-5-7-9-19/h5-9,18H,4,10-15H2,1-3H3,(H,28,29). The van der Waals surface area contributed by atoms with Crippen LogP contribution in [0, 0.1) is 13.8 Å². The predicted molar refractivity (Wildman–Crippen MR) is 111 cm³/mol. The molecule has 2 heterocycles. The van der Waals surface area contributed by atoms with Gasteiger partial charge in [0.2, 0.25) is 5.91 Å². The number of aryl methyl sites for hydroxylation is 1. The van der Waals surface area contributed by atoms with Gasteiger partial charge in [0.25, 0.3) is 0 Å². The number of carbonyl (C=O) groups excluding carboxylic acids is 1. The van der Waals surface area contributed by atoms with E-state index in [9.17, 15) is 9.59 Å². The maximum atomic E-state index is 12.9. The van der Waals surface area contributed by atoms with Crippen molar-refractivity contribution in [2.45, 2.75) is 46.1 Å². The number of rotatable bonds is 7. The van der Waals surface area contributed by atoms with Crippen molar-refractivity contribution in [3.8, 4) is 5.69 Å². The zero-order valence-corrected chi connectivity index (χ0v) is 17.5. The summed E-state index contributed by atoms with van der Waals surface area (Å²) in [6, 6.07) is 10.2. The number of carboxylic acid groups (broad SMARTS) is 1. The van der Waals surface area contributed by atoms with E-state index in [1.165, 1.54) is 0 Å². The molecular weight excluding hydrogens is 368 g/mol. The molecule has 1 aromatic carbocycles. The highest BCUT2D eigenvalue weighted by Crippen LogP contribution is 2.21. The lowest BCUT2D eigenvalue weighted by Crippen LogP contribution is -2.48. The van der Waals surface area contributed by atoms with E-state index >= 15 is 0 Å². The van der Waals surface area contributed by atoms with Gasteiger partial charge in [-0.15, -0.1) is 0 Å². The van der Waals surface area contributed by atoms with Gasteiger partial charge in [0.15, 0.2) is 0 Å². The summed E-state index contributed by atoms with van der Waals surface area (Å²) in [5, 5.41) is 13.7. The van der Waals surface area contributed by atoms with E-state index in [2.05, 4.69) is 5.10 Å². The summed E-state index contributed by atoms with van der Waals surface area (Å²) in [4.78, 5) is 27.9. The van der Waals surface area contributed by atoms with Gasteiger partial charge in [-0.3, -0.25) is 14.5 Å². The van der Waals surface area contributed by atoms with Gasteiger partial charge in [0.05, 0.1) is 24.3 Å². The van der Waals surface area contributed by atoms with Crippen molar-refractivity contribution in [1.82, 2.24) is 19.6 Å². The van der Waals surface area contributed by atoms with Crippen molar-refractivity contribution < 1.29 is 14.7 Å². The van der Waals surface area contributed by atoms with E-state index in [-0.39, 0.29) is 18.5 Å². The SMILES string of the molecule is CCN(CC(=O)O)C1CCN(C(=O)Cc2c(C)nn(-c3ccccc3)c2C)CC1. The Morgan fingerprint density at radius 1 is 1.17 bits per heavy atom. The molecule has 1 saturated heterocycles. The molecular formula is C22H30N4O3. The van der Waals surface area contributed by atoms with Crippen LogP contribution in [0.2, 0.25) is 0 Å². The lowest BCUT2D eigenvalue weighted by molar-refractivity contribution is -0.140. The Morgan fingerprint density at radius 2 is 1.83 bits per heavy atom. The average molecular weight is 399 g/mol.